The van der Waals surface area contributed by atoms with Gasteiger partial charge in [0.05, 0.1) is 16.4 Å². The molecule has 0 fully saturated rings. The van der Waals surface area contributed by atoms with Crippen LogP contribution < -0.4 is 11.5 Å². The molecule has 0 radical (unpaired) electrons. The molecule has 0 bridgehead atoms. The summed E-state index contributed by atoms with van der Waals surface area (Å²) in [5.74, 6) is 0.494. The van der Waals surface area contributed by atoms with Crippen LogP contribution in [0.15, 0.2) is 36.5 Å². The fourth-order valence-electron chi connectivity index (χ4n) is 2.97. The first-order chi connectivity index (χ1) is 11.6. The van der Waals surface area contributed by atoms with Gasteiger partial charge in [-0.1, -0.05) is 18.2 Å². The molecule has 5 N–H and O–H groups in total. The minimum Gasteiger partial charge on any atom is -0.383 e. The van der Waals surface area contributed by atoms with Crippen molar-refractivity contribution in [3.8, 4) is 11.1 Å². The lowest BCUT2D eigenvalue weighted by Crippen LogP contribution is -2.03. The third-order valence-electron chi connectivity index (χ3n) is 3.96. The van der Waals surface area contributed by atoms with Crippen LogP contribution in [0.3, 0.4) is 0 Å². The van der Waals surface area contributed by atoms with Crippen LogP contribution in [0.5, 0.6) is 0 Å². The van der Waals surface area contributed by atoms with Crippen molar-refractivity contribution in [3.05, 3.63) is 45.7 Å². The average Bonchev–Trinajstić information content (AvgIpc) is 3.03. The Morgan fingerprint density at radius 1 is 1.17 bits per heavy atom. The van der Waals surface area contributed by atoms with Gasteiger partial charge in [-0.15, -0.1) is 0 Å². The maximum atomic E-state index is 11.1. The molecule has 0 unspecified atom stereocenters. The van der Waals surface area contributed by atoms with Crippen molar-refractivity contribution in [1.29, 1.82) is 0 Å². The Hall–Kier alpha value is -2.68. The van der Waals surface area contributed by atoms with Gasteiger partial charge in [0.25, 0.3) is 0 Å². The van der Waals surface area contributed by atoms with Gasteiger partial charge < -0.3 is 16.5 Å². The second kappa shape index (κ2) is 5.45. The average molecular weight is 429 g/mol. The van der Waals surface area contributed by atoms with Gasteiger partial charge in [0, 0.05) is 26.3 Å². The van der Waals surface area contributed by atoms with Gasteiger partial charge in [-0.2, -0.15) is 4.98 Å². The zero-order valence-electron chi connectivity index (χ0n) is 12.4. The molecule has 7 heteroatoms. The Morgan fingerprint density at radius 3 is 2.79 bits per heavy atom. The van der Waals surface area contributed by atoms with Crippen LogP contribution in [-0.2, 0) is 0 Å². The highest BCUT2D eigenvalue weighted by atomic mass is 127. The van der Waals surface area contributed by atoms with Crippen molar-refractivity contribution in [2.75, 3.05) is 11.5 Å². The normalized spacial score (nSPS) is 11.2. The first kappa shape index (κ1) is 14.9. The first-order valence-corrected chi connectivity index (χ1v) is 8.25. The SMILES string of the molecule is Nc1nc(N)c2c(n1)c(I)c(-c1cccc(C=O)c1)c1[nH]ccc12. The lowest BCUT2D eigenvalue weighted by molar-refractivity contribution is 0.112. The number of hydrogen-bond acceptors (Lipinski definition) is 5. The third-order valence-corrected chi connectivity index (χ3v) is 5.01. The summed E-state index contributed by atoms with van der Waals surface area (Å²) in [6.07, 6.45) is 2.69. The predicted octanol–water partition coefficient (Wildman–Crippen LogP) is 3.36. The number of nitrogens with one attached hydrogen (secondary N) is 1. The molecule has 0 saturated carbocycles. The summed E-state index contributed by atoms with van der Waals surface area (Å²) in [5, 5.41) is 1.70. The minimum absolute atomic E-state index is 0.139. The van der Waals surface area contributed by atoms with Crippen molar-refractivity contribution >= 4 is 62.4 Å². The quantitative estimate of drug-likeness (QED) is 0.334. The second-order valence-electron chi connectivity index (χ2n) is 5.39. The topological polar surface area (TPSA) is 111 Å². The largest absolute Gasteiger partial charge is 0.383 e. The number of benzene rings is 2. The number of nitrogens with zero attached hydrogens (tertiary/aromatic N) is 2. The maximum absolute atomic E-state index is 11.1. The summed E-state index contributed by atoms with van der Waals surface area (Å²) in [6, 6.07) is 9.39. The van der Waals surface area contributed by atoms with Crippen LogP contribution >= 0.6 is 22.6 Å². The van der Waals surface area contributed by atoms with E-state index < -0.39 is 0 Å². The van der Waals surface area contributed by atoms with Crippen LogP contribution in [0.4, 0.5) is 11.8 Å². The fourth-order valence-corrected chi connectivity index (χ4v) is 3.94. The molecule has 0 aliphatic rings. The van der Waals surface area contributed by atoms with E-state index in [0.29, 0.717) is 16.9 Å². The van der Waals surface area contributed by atoms with Crippen LogP contribution in [-0.4, -0.2) is 21.2 Å². The molecule has 2 heterocycles. The van der Waals surface area contributed by atoms with E-state index in [1.165, 1.54) is 0 Å². The summed E-state index contributed by atoms with van der Waals surface area (Å²) < 4.78 is 0.904. The highest BCUT2D eigenvalue weighted by Gasteiger charge is 2.19. The number of H-pyrrole nitrogens is 1. The molecule has 118 valence electrons. The summed E-state index contributed by atoms with van der Waals surface area (Å²) in [5.41, 5.74) is 16.0. The number of aldehydes is 1. The Labute approximate surface area is 150 Å². The Balaban J connectivity index is 2.20. The van der Waals surface area contributed by atoms with E-state index in [-0.39, 0.29) is 5.95 Å². The molecule has 0 aliphatic heterocycles. The number of halogens is 1. The fraction of sp³-hybridized carbons (Fsp3) is 0. The molecule has 0 amide bonds. The van der Waals surface area contributed by atoms with Gasteiger partial charge in [-0.05, 0) is 40.3 Å². The summed E-state index contributed by atoms with van der Waals surface area (Å²) in [7, 11) is 0. The Morgan fingerprint density at radius 2 is 2.00 bits per heavy atom. The van der Waals surface area contributed by atoms with Crippen molar-refractivity contribution in [3.63, 3.8) is 0 Å². The molecular weight excluding hydrogens is 417 g/mol. The van der Waals surface area contributed by atoms with Crippen LogP contribution in [0.25, 0.3) is 32.9 Å². The molecule has 4 aromatic rings. The smallest absolute Gasteiger partial charge is 0.222 e. The zero-order valence-corrected chi connectivity index (χ0v) is 14.5. The highest BCUT2D eigenvalue weighted by molar-refractivity contribution is 14.1. The molecule has 0 aliphatic carbocycles. The number of rotatable bonds is 2. The van der Waals surface area contributed by atoms with Crippen LogP contribution in [0.2, 0.25) is 0 Å². The molecular formula is C17H12IN5O. The summed E-state index contributed by atoms with van der Waals surface area (Å²) in [4.78, 5) is 22.9. The Bertz CT molecular complexity index is 1120. The van der Waals surface area contributed by atoms with Crippen molar-refractivity contribution in [1.82, 2.24) is 15.0 Å². The lowest BCUT2D eigenvalue weighted by Gasteiger charge is -2.13. The number of aromatic amines is 1. The van der Waals surface area contributed by atoms with E-state index in [2.05, 4.69) is 37.5 Å². The minimum atomic E-state index is 0.139. The number of anilines is 2. The number of hydrogen-bond donors (Lipinski definition) is 3. The second-order valence-corrected chi connectivity index (χ2v) is 6.47. The molecule has 0 saturated heterocycles. The monoisotopic (exact) mass is 429 g/mol. The van der Waals surface area contributed by atoms with Crippen molar-refractivity contribution in [2.45, 2.75) is 0 Å². The maximum Gasteiger partial charge on any atom is 0.222 e. The highest BCUT2D eigenvalue weighted by Crippen LogP contribution is 2.40. The molecule has 2 aromatic carbocycles. The standard InChI is InChI=1S/C17H12IN5O/c18-13-11(9-3-1-2-8(6-9)7-24)14-10(4-5-21-14)12-15(13)22-17(20)23-16(12)19/h1-7,21H,(H4,19,20,22,23). The molecule has 24 heavy (non-hydrogen) atoms. The lowest BCUT2D eigenvalue weighted by atomic mass is 9.98. The predicted molar refractivity (Wildman–Crippen MR) is 104 cm³/mol. The molecule has 0 atom stereocenters. The van der Waals surface area contributed by atoms with Crippen molar-refractivity contribution < 1.29 is 4.79 Å². The van der Waals surface area contributed by atoms with Gasteiger partial charge in [-0.25, -0.2) is 4.98 Å². The van der Waals surface area contributed by atoms with Gasteiger partial charge in [0.2, 0.25) is 5.95 Å². The molecule has 6 nitrogen and oxygen atoms in total. The van der Waals surface area contributed by atoms with E-state index in [0.717, 1.165) is 37.3 Å². The van der Waals surface area contributed by atoms with E-state index in [1.807, 2.05) is 30.5 Å². The van der Waals surface area contributed by atoms with Gasteiger partial charge >= 0.3 is 0 Å². The molecule has 2 aromatic heterocycles. The molecule has 0 spiro atoms. The number of nitrogens with two attached hydrogens (primary N) is 2. The van der Waals surface area contributed by atoms with Crippen molar-refractivity contribution in [2.24, 2.45) is 0 Å². The first-order valence-electron chi connectivity index (χ1n) is 7.17. The number of aromatic nitrogens is 3. The number of fused-ring (bicyclic) bond motifs is 3. The van der Waals surface area contributed by atoms with E-state index >= 15 is 0 Å². The number of carbonyl (C=O) groups excluding carboxylic acids is 1. The van der Waals surface area contributed by atoms with Gasteiger partial charge in [0.1, 0.15) is 12.1 Å². The van der Waals surface area contributed by atoms with Crippen LogP contribution in [0, 0.1) is 3.57 Å². The number of nitrogen functional groups attached to an aromatic ring is 2. The zero-order chi connectivity index (χ0) is 16.8. The van der Waals surface area contributed by atoms with E-state index in [1.54, 1.807) is 6.07 Å². The summed E-state index contributed by atoms with van der Waals surface area (Å²) >= 11 is 2.24. The third kappa shape index (κ3) is 2.12. The van der Waals surface area contributed by atoms with Gasteiger partial charge in [0.15, 0.2) is 0 Å². The van der Waals surface area contributed by atoms with E-state index in [9.17, 15) is 4.79 Å². The Kier molecular flexibility index (Phi) is 3.38. The summed E-state index contributed by atoms with van der Waals surface area (Å²) in [6.45, 7) is 0. The van der Waals surface area contributed by atoms with E-state index in [4.69, 9.17) is 11.5 Å². The molecule has 4 rings (SSSR count). The van der Waals surface area contributed by atoms with Crippen LogP contribution in [0.1, 0.15) is 10.4 Å². The number of carbonyl (C=O) groups is 1. The van der Waals surface area contributed by atoms with Gasteiger partial charge in [-0.3, -0.25) is 4.79 Å².